The van der Waals surface area contributed by atoms with Gasteiger partial charge in [0.1, 0.15) is 11.6 Å². The fraction of sp³-hybridized carbons (Fsp3) is 0.115. The number of nitrogens with zero attached hydrogens (tertiary/aromatic N) is 4. The van der Waals surface area contributed by atoms with Gasteiger partial charge in [-0.15, -0.1) is 0 Å². The van der Waals surface area contributed by atoms with Crippen LogP contribution in [0.4, 0.5) is 11.4 Å². The zero-order chi connectivity index (χ0) is 21.9. The van der Waals surface area contributed by atoms with Crippen LogP contribution in [-0.4, -0.2) is 27.0 Å². The van der Waals surface area contributed by atoms with Crippen LogP contribution in [-0.2, 0) is 6.54 Å². The fourth-order valence-electron chi connectivity index (χ4n) is 3.85. The standard InChI is InChI=1S/C26H23N5O/c1-18-10-23(14-24(11-18)32-2)31(17-26-28-8-9-29-26)22-5-6-25-20(13-22)12-21(16-30-25)19-4-3-7-27-15-19/h3-16H,17H2,1-2H3,(H,28,29). The number of aromatic amines is 1. The maximum atomic E-state index is 5.53. The molecule has 0 radical (unpaired) electrons. The number of H-pyrrole nitrogens is 1. The SMILES string of the molecule is COc1cc(C)cc(N(Cc2ncc[nH]2)c2ccc3ncc(-c4cccnc4)cc3c2)c1. The van der Waals surface area contributed by atoms with Crippen molar-refractivity contribution in [2.45, 2.75) is 13.5 Å². The molecule has 5 aromatic rings. The lowest BCUT2D eigenvalue weighted by molar-refractivity contribution is 0.414. The molecule has 0 aliphatic rings. The lowest BCUT2D eigenvalue weighted by Crippen LogP contribution is -2.17. The van der Waals surface area contributed by atoms with Gasteiger partial charge in [-0.05, 0) is 55.0 Å². The second-order valence-electron chi connectivity index (χ2n) is 7.67. The summed E-state index contributed by atoms with van der Waals surface area (Å²) in [5, 5.41) is 1.06. The number of hydrogen-bond donors (Lipinski definition) is 1. The molecular weight excluding hydrogens is 398 g/mol. The van der Waals surface area contributed by atoms with Crippen molar-refractivity contribution in [3.63, 3.8) is 0 Å². The first-order valence-electron chi connectivity index (χ1n) is 10.4. The Bertz CT molecular complexity index is 1350. The van der Waals surface area contributed by atoms with Crippen molar-refractivity contribution in [1.82, 2.24) is 19.9 Å². The summed E-state index contributed by atoms with van der Waals surface area (Å²) in [5.74, 6) is 1.71. The van der Waals surface area contributed by atoms with Crippen LogP contribution in [0.1, 0.15) is 11.4 Å². The third-order valence-corrected chi connectivity index (χ3v) is 5.42. The second-order valence-corrected chi connectivity index (χ2v) is 7.67. The number of imidazole rings is 1. The topological polar surface area (TPSA) is 66.9 Å². The summed E-state index contributed by atoms with van der Waals surface area (Å²) in [7, 11) is 1.69. The van der Waals surface area contributed by atoms with Gasteiger partial charge in [0, 0.05) is 64.9 Å². The molecule has 32 heavy (non-hydrogen) atoms. The molecule has 0 unspecified atom stereocenters. The van der Waals surface area contributed by atoms with Crippen LogP contribution in [0.25, 0.3) is 22.0 Å². The number of ether oxygens (including phenoxy) is 1. The molecule has 6 nitrogen and oxygen atoms in total. The average Bonchev–Trinajstić information content (AvgIpc) is 3.35. The molecule has 0 atom stereocenters. The molecule has 0 spiro atoms. The molecule has 2 aromatic carbocycles. The fourth-order valence-corrected chi connectivity index (χ4v) is 3.85. The van der Waals surface area contributed by atoms with E-state index in [9.17, 15) is 0 Å². The second kappa shape index (κ2) is 8.51. The van der Waals surface area contributed by atoms with Crippen LogP contribution in [0.5, 0.6) is 5.75 Å². The molecule has 0 amide bonds. The Morgan fingerprint density at radius 1 is 0.906 bits per heavy atom. The zero-order valence-corrected chi connectivity index (χ0v) is 18.0. The first-order chi connectivity index (χ1) is 15.7. The first-order valence-corrected chi connectivity index (χ1v) is 10.4. The van der Waals surface area contributed by atoms with Crippen LogP contribution in [0.15, 0.2) is 85.6 Å². The minimum Gasteiger partial charge on any atom is -0.497 e. The number of pyridine rings is 2. The summed E-state index contributed by atoms with van der Waals surface area (Å²) in [6.07, 6.45) is 9.14. The van der Waals surface area contributed by atoms with E-state index in [1.54, 1.807) is 19.5 Å². The molecule has 0 bridgehead atoms. The van der Waals surface area contributed by atoms with E-state index in [2.05, 4.69) is 62.1 Å². The van der Waals surface area contributed by atoms with Crippen LogP contribution in [0.3, 0.4) is 0 Å². The predicted molar refractivity (Wildman–Crippen MR) is 127 cm³/mol. The van der Waals surface area contributed by atoms with Crippen LogP contribution < -0.4 is 9.64 Å². The number of aromatic nitrogens is 4. The smallest absolute Gasteiger partial charge is 0.126 e. The van der Waals surface area contributed by atoms with Gasteiger partial charge in [-0.2, -0.15) is 0 Å². The summed E-state index contributed by atoms with van der Waals surface area (Å²) < 4.78 is 5.53. The Balaban J connectivity index is 1.61. The summed E-state index contributed by atoms with van der Waals surface area (Å²) in [6, 6.07) is 18.7. The summed E-state index contributed by atoms with van der Waals surface area (Å²) in [6.45, 7) is 2.67. The number of rotatable bonds is 6. The van der Waals surface area contributed by atoms with Crippen molar-refractivity contribution in [1.29, 1.82) is 0 Å². The highest BCUT2D eigenvalue weighted by Crippen LogP contribution is 2.33. The number of fused-ring (bicyclic) bond motifs is 1. The van der Waals surface area contributed by atoms with E-state index in [1.165, 1.54) is 0 Å². The molecule has 0 aliphatic carbocycles. The number of nitrogens with one attached hydrogen (secondary N) is 1. The predicted octanol–water partition coefficient (Wildman–Crippen LogP) is 5.68. The molecule has 0 saturated heterocycles. The monoisotopic (exact) mass is 421 g/mol. The molecule has 0 saturated carbocycles. The summed E-state index contributed by atoms with van der Waals surface area (Å²) >= 11 is 0. The van der Waals surface area contributed by atoms with Gasteiger partial charge >= 0.3 is 0 Å². The number of benzene rings is 2. The van der Waals surface area contributed by atoms with Crippen LogP contribution in [0, 0.1) is 6.92 Å². The highest BCUT2D eigenvalue weighted by molar-refractivity contribution is 5.87. The van der Waals surface area contributed by atoms with Gasteiger partial charge in [0.15, 0.2) is 0 Å². The quantitative estimate of drug-likeness (QED) is 0.382. The van der Waals surface area contributed by atoms with Crippen molar-refractivity contribution < 1.29 is 4.74 Å². The van der Waals surface area contributed by atoms with Gasteiger partial charge in [-0.3, -0.25) is 9.97 Å². The Hall–Kier alpha value is -4.19. The van der Waals surface area contributed by atoms with Crippen molar-refractivity contribution in [2.75, 3.05) is 12.0 Å². The molecule has 5 rings (SSSR count). The maximum Gasteiger partial charge on any atom is 0.126 e. The van der Waals surface area contributed by atoms with Crippen molar-refractivity contribution in [3.8, 4) is 16.9 Å². The lowest BCUT2D eigenvalue weighted by Gasteiger charge is -2.25. The Labute approximate surface area is 186 Å². The highest BCUT2D eigenvalue weighted by atomic mass is 16.5. The van der Waals surface area contributed by atoms with Crippen LogP contribution in [0.2, 0.25) is 0 Å². The van der Waals surface area contributed by atoms with Gasteiger partial charge < -0.3 is 14.6 Å². The number of hydrogen-bond acceptors (Lipinski definition) is 5. The highest BCUT2D eigenvalue weighted by Gasteiger charge is 2.14. The van der Waals surface area contributed by atoms with Crippen molar-refractivity contribution in [2.24, 2.45) is 0 Å². The van der Waals surface area contributed by atoms with E-state index < -0.39 is 0 Å². The molecule has 0 aliphatic heterocycles. The van der Waals surface area contributed by atoms with Gasteiger partial charge in [-0.25, -0.2) is 4.98 Å². The Morgan fingerprint density at radius 2 is 1.84 bits per heavy atom. The molecule has 0 fully saturated rings. The third kappa shape index (κ3) is 4.03. The molecule has 1 N–H and O–H groups in total. The number of anilines is 2. The molecule has 3 heterocycles. The normalized spacial score (nSPS) is 10.9. The van der Waals surface area contributed by atoms with Gasteiger partial charge in [0.2, 0.25) is 0 Å². The Kier molecular flexibility index (Phi) is 5.25. The minimum absolute atomic E-state index is 0.598. The van der Waals surface area contributed by atoms with Gasteiger partial charge in [0.25, 0.3) is 0 Å². The Morgan fingerprint density at radius 3 is 2.62 bits per heavy atom. The minimum atomic E-state index is 0.598. The molecule has 158 valence electrons. The van der Waals surface area contributed by atoms with E-state index in [4.69, 9.17) is 4.74 Å². The largest absolute Gasteiger partial charge is 0.497 e. The molecular formula is C26H23N5O. The summed E-state index contributed by atoms with van der Waals surface area (Å²) in [5.41, 5.74) is 6.24. The number of methoxy groups -OCH3 is 1. The first kappa shape index (κ1) is 19.8. The van der Waals surface area contributed by atoms with E-state index >= 15 is 0 Å². The lowest BCUT2D eigenvalue weighted by atomic mass is 10.1. The van der Waals surface area contributed by atoms with Crippen molar-refractivity contribution >= 4 is 22.3 Å². The number of aryl methyl sites for hydroxylation is 1. The van der Waals surface area contributed by atoms with Gasteiger partial charge in [0.05, 0.1) is 19.2 Å². The molecule has 3 aromatic heterocycles. The third-order valence-electron chi connectivity index (χ3n) is 5.42. The van der Waals surface area contributed by atoms with E-state index in [0.29, 0.717) is 6.54 Å². The average molecular weight is 422 g/mol. The summed E-state index contributed by atoms with van der Waals surface area (Å²) in [4.78, 5) is 18.8. The van der Waals surface area contributed by atoms with Crippen LogP contribution >= 0.6 is 0 Å². The van der Waals surface area contributed by atoms with E-state index in [-0.39, 0.29) is 0 Å². The zero-order valence-electron chi connectivity index (χ0n) is 18.0. The maximum absolute atomic E-state index is 5.53. The van der Waals surface area contributed by atoms with E-state index in [1.807, 2.05) is 42.9 Å². The molecule has 6 heteroatoms. The van der Waals surface area contributed by atoms with Crippen molar-refractivity contribution in [3.05, 3.63) is 97.0 Å². The van der Waals surface area contributed by atoms with E-state index in [0.717, 1.165) is 50.5 Å². The van der Waals surface area contributed by atoms with Gasteiger partial charge in [-0.1, -0.05) is 6.07 Å².